The Bertz CT molecular complexity index is 1610. The fourth-order valence-corrected chi connectivity index (χ4v) is 4.44. The van der Waals surface area contributed by atoms with Gasteiger partial charge in [-0.15, -0.1) is 0 Å². The van der Waals surface area contributed by atoms with E-state index in [9.17, 15) is 27.2 Å². The number of urea groups is 1. The second-order valence-corrected chi connectivity index (χ2v) is 9.37. The highest BCUT2D eigenvalue weighted by molar-refractivity contribution is 6.31. The highest BCUT2D eigenvalue weighted by Crippen LogP contribution is 2.36. The number of halogens is 5. The Labute approximate surface area is 230 Å². The predicted octanol–water partition coefficient (Wildman–Crippen LogP) is 5.73. The van der Waals surface area contributed by atoms with E-state index in [-0.39, 0.29) is 22.5 Å². The lowest BCUT2D eigenvalue weighted by molar-refractivity contribution is -0.137. The molecule has 1 aliphatic heterocycles. The molecule has 13 heteroatoms. The van der Waals surface area contributed by atoms with Crippen molar-refractivity contribution in [3.63, 3.8) is 0 Å². The van der Waals surface area contributed by atoms with Crippen LogP contribution in [0.5, 0.6) is 0 Å². The number of alkyl halides is 3. The molecule has 5 rings (SSSR count). The number of rotatable bonds is 5. The maximum absolute atomic E-state index is 14.8. The summed E-state index contributed by atoms with van der Waals surface area (Å²) in [5.41, 5.74) is -0.156. The Balaban J connectivity index is 1.30. The molecule has 3 N–H and O–H groups in total. The molecule has 1 aliphatic rings. The van der Waals surface area contributed by atoms with Crippen molar-refractivity contribution in [2.24, 2.45) is 0 Å². The molecule has 0 aliphatic carbocycles. The van der Waals surface area contributed by atoms with Gasteiger partial charge in [-0.3, -0.25) is 9.78 Å². The number of anilines is 3. The standard InChI is InChI=1S/C27H21ClF4N6O2/c28-19-4-3-17(13-18(19)27(30,31)32)35-26(40)37-21-5-1-15(11-20(21)29)25(39)16-2-6-22-23(12-16)36-24(14-34-22)38-9-7-33-8-10-38/h1-6,11-14,33H,7-10H2,(H2,35,37,40). The van der Waals surface area contributed by atoms with Gasteiger partial charge >= 0.3 is 12.2 Å². The second-order valence-electron chi connectivity index (χ2n) is 8.96. The van der Waals surface area contributed by atoms with Crippen LogP contribution in [-0.4, -0.2) is 48.0 Å². The smallest absolute Gasteiger partial charge is 0.353 e. The van der Waals surface area contributed by atoms with E-state index in [1.54, 1.807) is 24.4 Å². The first-order chi connectivity index (χ1) is 19.1. The van der Waals surface area contributed by atoms with Crippen LogP contribution in [0.1, 0.15) is 21.5 Å². The molecule has 206 valence electrons. The molecule has 0 bridgehead atoms. The summed E-state index contributed by atoms with van der Waals surface area (Å²) in [6, 6.07) is 10.2. The minimum Gasteiger partial charge on any atom is -0.353 e. The summed E-state index contributed by atoms with van der Waals surface area (Å²) in [6.45, 7) is 3.22. The molecule has 0 spiro atoms. The monoisotopic (exact) mass is 572 g/mol. The van der Waals surface area contributed by atoms with E-state index in [1.165, 1.54) is 18.2 Å². The number of aromatic nitrogens is 2. The zero-order valence-electron chi connectivity index (χ0n) is 20.6. The van der Waals surface area contributed by atoms with Gasteiger partial charge in [-0.2, -0.15) is 13.2 Å². The molecule has 0 atom stereocenters. The molecule has 4 aromatic rings. The number of benzene rings is 3. The molecule has 0 radical (unpaired) electrons. The van der Waals surface area contributed by atoms with Crippen molar-refractivity contribution in [2.45, 2.75) is 6.18 Å². The zero-order chi connectivity index (χ0) is 28.4. The van der Waals surface area contributed by atoms with E-state index in [4.69, 9.17) is 11.6 Å². The summed E-state index contributed by atoms with van der Waals surface area (Å²) >= 11 is 5.58. The average Bonchev–Trinajstić information content (AvgIpc) is 2.94. The van der Waals surface area contributed by atoms with Crippen LogP contribution in [-0.2, 0) is 6.18 Å². The number of hydrogen-bond donors (Lipinski definition) is 3. The van der Waals surface area contributed by atoms with Crippen molar-refractivity contribution < 1.29 is 27.2 Å². The van der Waals surface area contributed by atoms with E-state index in [2.05, 4.69) is 30.8 Å². The molecule has 40 heavy (non-hydrogen) atoms. The van der Waals surface area contributed by atoms with Gasteiger partial charge in [-0.1, -0.05) is 11.6 Å². The summed E-state index contributed by atoms with van der Waals surface area (Å²) in [5, 5.41) is 7.17. The first-order valence-electron chi connectivity index (χ1n) is 12.1. The van der Waals surface area contributed by atoms with Crippen LogP contribution in [0.25, 0.3) is 11.0 Å². The Morgan fingerprint density at radius 3 is 2.38 bits per heavy atom. The largest absolute Gasteiger partial charge is 0.417 e. The molecule has 1 aromatic heterocycles. The number of hydrogen-bond acceptors (Lipinski definition) is 6. The number of piperazine rings is 1. The fraction of sp³-hybridized carbons (Fsp3) is 0.185. The number of carbonyl (C=O) groups excluding carboxylic acids is 2. The van der Waals surface area contributed by atoms with E-state index < -0.39 is 34.4 Å². The van der Waals surface area contributed by atoms with Crippen LogP contribution >= 0.6 is 11.6 Å². The molecule has 0 unspecified atom stereocenters. The highest BCUT2D eigenvalue weighted by Gasteiger charge is 2.33. The van der Waals surface area contributed by atoms with E-state index in [0.29, 0.717) is 22.9 Å². The van der Waals surface area contributed by atoms with Crippen molar-refractivity contribution in [3.05, 3.63) is 88.3 Å². The molecule has 0 saturated carbocycles. The number of nitrogens with zero attached hydrogens (tertiary/aromatic N) is 3. The molecule has 1 saturated heterocycles. The number of nitrogens with one attached hydrogen (secondary N) is 3. The Hall–Kier alpha value is -4.29. The van der Waals surface area contributed by atoms with Gasteiger partial charge < -0.3 is 20.9 Å². The van der Waals surface area contributed by atoms with Gasteiger partial charge in [0, 0.05) is 43.0 Å². The lowest BCUT2D eigenvalue weighted by atomic mass is 10.0. The van der Waals surface area contributed by atoms with E-state index in [1.807, 2.05) is 0 Å². The third-order valence-electron chi connectivity index (χ3n) is 6.24. The normalized spacial score (nSPS) is 13.8. The first-order valence-corrected chi connectivity index (χ1v) is 12.5. The zero-order valence-corrected chi connectivity index (χ0v) is 21.4. The topological polar surface area (TPSA) is 99.2 Å². The van der Waals surface area contributed by atoms with Crippen molar-refractivity contribution >= 4 is 51.6 Å². The van der Waals surface area contributed by atoms with Crippen molar-refractivity contribution in [3.8, 4) is 0 Å². The average molecular weight is 573 g/mol. The Morgan fingerprint density at radius 1 is 0.925 bits per heavy atom. The van der Waals surface area contributed by atoms with Crippen LogP contribution in [0.4, 0.5) is 39.5 Å². The molecule has 1 fully saturated rings. The van der Waals surface area contributed by atoms with Crippen LogP contribution in [0.3, 0.4) is 0 Å². The summed E-state index contributed by atoms with van der Waals surface area (Å²) in [6.07, 6.45) is -3.03. The number of fused-ring (bicyclic) bond motifs is 1. The van der Waals surface area contributed by atoms with Gasteiger partial charge in [0.2, 0.25) is 0 Å². The lowest BCUT2D eigenvalue weighted by Crippen LogP contribution is -2.43. The van der Waals surface area contributed by atoms with Gasteiger partial charge in [0.1, 0.15) is 11.6 Å². The second kappa shape index (κ2) is 11.1. The SMILES string of the molecule is O=C(Nc1ccc(Cl)c(C(F)(F)F)c1)Nc1ccc(C(=O)c2ccc3ncc(N4CCNCC4)nc3c2)cc1F. The third-order valence-corrected chi connectivity index (χ3v) is 6.57. The van der Waals surface area contributed by atoms with Gasteiger partial charge in [0.15, 0.2) is 5.78 Å². The molecular formula is C27H21ClF4N6O2. The van der Waals surface area contributed by atoms with Crippen LogP contribution < -0.4 is 20.9 Å². The van der Waals surface area contributed by atoms with Gasteiger partial charge in [-0.25, -0.2) is 14.2 Å². The van der Waals surface area contributed by atoms with Gasteiger partial charge in [0.05, 0.1) is 33.5 Å². The lowest BCUT2D eigenvalue weighted by Gasteiger charge is -2.28. The molecule has 8 nitrogen and oxygen atoms in total. The van der Waals surface area contributed by atoms with Gasteiger partial charge in [0.25, 0.3) is 0 Å². The van der Waals surface area contributed by atoms with Crippen molar-refractivity contribution in [1.82, 2.24) is 15.3 Å². The third kappa shape index (κ3) is 5.97. The van der Waals surface area contributed by atoms with E-state index >= 15 is 0 Å². The number of amides is 2. The van der Waals surface area contributed by atoms with Gasteiger partial charge in [-0.05, 0) is 54.6 Å². The molecule has 2 amide bonds. The minimum absolute atomic E-state index is 0.0292. The molecular weight excluding hydrogens is 552 g/mol. The van der Waals surface area contributed by atoms with Crippen LogP contribution in [0, 0.1) is 5.82 Å². The quantitative estimate of drug-likeness (QED) is 0.209. The number of ketones is 1. The van der Waals surface area contributed by atoms with Crippen LogP contribution in [0.2, 0.25) is 5.02 Å². The van der Waals surface area contributed by atoms with Crippen molar-refractivity contribution in [2.75, 3.05) is 41.7 Å². The minimum atomic E-state index is -4.72. The fourth-order valence-electron chi connectivity index (χ4n) is 4.22. The highest BCUT2D eigenvalue weighted by atomic mass is 35.5. The molecule has 2 heterocycles. The maximum Gasteiger partial charge on any atom is 0.417 e. The number of carbonyl (C=O) groups is 2. The Morgan fingerprint density at radius 2 is 1.65 bits per heavy atom. The van der Waals surface area contributed by atoms with E-state index in [0.717, 1.165) is 38.3 Å². The predicted molar refractivity (Wildman–Crippen MR) is 144 cm³/mol. The molecule has 3 aromatic carbocycles. The summed E-state index contributed by atoms with van der Waals surface area (Å²) < 4.78 is 54.0. The summed E-state index contributed by atoms with van der Waals surface area (Å²) in [4.78, 5) is 36.6. The van der Waals surface area contributed by atoms with Crippen molar-refractivity contribution in [1.29, 1.82) is 0 Å². The summed E-state index contributed by atoms with van der Waals surface area (Å²) in [5.74, 6) is -0.673. The summed E-state index contributed by atoms with van der Waals surface area (Å²) in [7, 11) is 0. The van der Waals surface area contributed by atoms with Crippen LogP contribution in [0.15, 0.2) is 60.8 Å². The first kappa shape index (κ1) is 27.3. The maximum atomic E-state index is 14.8. The Kier molecular flexibility index (Phi) is 7.55.